The molecule has 0 spiro atoms. The Balaban J connectivity index is 2.98. The molecule has 5 heteroatoms. The van der Waals surface area contributed by atoms with Crippen molar-refractivity contribution in [2.75, 3.05) is 0 Å². The fraction of sp³-hybridized carbons (Fsp3) is 0.750. The minimum Gasteiger partial charge on any atom is -0.271 e. The van der Waals surface area contributed by atoms with Crippen molar-refractivity contribution in [1.29, 1.82) is 0 Å². The maximum atomic E-state index is 5.69. The normalized spacial score (nSPS) is 14.0. The van der Waals surface area contributed by atoms with E-state index < -0.39 is 0 Å². The van der Waals surface area contributed by atoms with E-state index >= 15 is 0 Å². The summed E-state index contributed by atoms with van der Waals surface area (Å²) in [6.45, 7) is 9.71. The van der Waals surface area contributed by atoms with Crippen LogP contribution in [0, 0.1) is 5.41 Å². The molecular formula is C12H23BrN4. The minimum atomic E-state index is 0.124. The summed E-state index contributed by atoms with van der Waals surface area (Å²) in [4.78, 5) is 0. The summed E-state index contributed by atoms with van der Waals surface area (Å²) < 4.78 is 3.05. The first-order chi connectivity index (χ1) is 7.89. The molecule has 0 aliphatic heterocycles. The summed E-state index contributed by atoms with van der Waals surface area (Å²) in [7, 11) is 0. The lowest BCUT2D eigenvalue weighted by molar-refractivity contribution is 0.302. The largest absolute Gasteiger partial charge is 0.271 e. The van der Waals surface area contributed by atoms with Crippen molar-refractivity contribution in [3.63, 3.8) is 0 Å². The highest BCUT2D eigenvalue weighted by molar-refractivity contribution is 9.10. The highest BCUT2D eigenvalue weighted by Gasteiger charge is 2.24. The van der Waals surface area contributed by atoms with E-state index in [-0.39, 0.29) is 11.5 Å². The molecule has 98 valence electrons. The maximum Gasteiger partial charge on any atom is 0.0709 e. The number of hydrogen-bond acceptors (Lipinski definition) is 3. The number of hydrogen-bond donors (Lipinski definition) is 2. The van der Waals surface area contributed by atoms with E-state index in [0.717, 1.165) is 29.6 Å². The van der Waals surface area contributed by atoms with Crippen molar-refractivity contribution in [1.82, 2.24) is 15.2 Å². The van der Waals surface area contributed by atoms with Crippen LogP contribution in [0.3, 0.4) is 0 Å². The topological polar surface area (TPSA) is 55.9 Å². The van der Waals surface area contributed by atoms with Crippen molar-refractivity contribution in [3.8, 4) is 0 Å². The van der Waals surface area contributed by atoms with Crippen LogP contribution in [0.25, 0.3) is 0 Å². The van der Waals surface area contributed by atoms with Crippen LogP contribution in [0.2, 0.25) is 0 Å². The average molecular weight is 303 g/mol. The molecule has 0 aromatic carbocycles. The van der Waals surface area contributed by atoms with Gasteiger partial charge in [-0.2, -0.15) is 5.10 Å². The molecule has 1 aromatic heterocycles. The molecule has 1 aromatic rings. The number of aryl methyl sites for hydroxylation is 1. The Bertz CT molecular complexity index is 354. The van der Waals surface area contributed by atoms with Gasteiger partial charge < -0.3 is 0 Å². The van der Waals surface area contributed by atoms with E-state index in [1.165, 1.54) is 0 Å². The van der Waals surface area contributed by atoms with Crippen molar-refractivity contribution in [3.05, 3.63) is 16.4 Å². The fourth-order valence-corrected chi connectivity index (χ4v) is 2.53. The van der Waals surface area contributed by atoms with Crippen molar-refractivity contribution in [2.24, 2.45) is 11.3 Å². The van der Waals surface area contributed by atoms with E-state index in [1.807, 2.05) is 10.9 Å². The molecule has 17 heavy (non-hydrogen) atoms. The van der Waals surface area contributed by atoms with E-state index in [4.69, 9.17) is 5.84 Å². The summed E-state index contributed by atoms with van der Waals surface area (Å²) in [6.07, 6.45) is 3.88. The molecule has 0 fully saturated rings. The smallest absolute Gasteiger partial charge is 0.0709 e. The van der Waals surface area contributed by atoms with Crippen LogP contribution in [0.5, 0.6) is 0 Å². The standard InChI is InChI=1S/C12H23BrN4/c1-5-6-17-11(9(13)8-15-17)10(16-14)7-12(2,3)4/h8,10,16H,5-7,14H2,1-4H3. The first-order valence-electron chi connectivity index (χ1n) is 6.06. The Hall–Kier alpha value is -0.390. The molecular weight excluding hydrogens is 280 g/mol. The third-order valence-electron chi connectivity index (χ3n) is 2.62. The first kappa shape index (κ1) is 14.7. The van der Waals surface area contributed by atoms with Gasteiger partial charge in [0, 0.05) is 6.54 Å². The molecule has 1 rings (SSSR count). The molecule has 1 atom stereocenters. The van der Waals surface area contributed by atoms with Crippen LogP contribution < -0.4 is 11.3 Å². The lowest BCUT2D eigenvalue weighted by atomic mass is 9.87. The summed E-state index contributed by atoms with van der Waals surface area (Å²) >= 11 is 3.56. The Morgan fingerprint density at radius 2 is 2.18 bits per heavy atom. The zero-order chi connectivity index (χ0) is 13.1. The zero-order valence-corrected chi connectivity index (χ0v) is 12.7. The summed E-state index contributed by atoms with van der Waals surface area (Å²) in [5.74, 6) is 5.69. The molecule has 0 saturated heterocycles. The number of nitrogens with two attached hydrogens (primary N) is 1. The molecule has 0 aliphatic rings. The molecule has 0 radical (unpaired) electrons. The number of nitrogens with one attached hydrogen (secondary N) is 1. The van der Waals surface area contributed by atoms with Crippen LogP contribution in [0.4, 0.5) is 0 Å². The highest BCUT2D eigenvalue weighted by atomic mass is 79.9. The maximum absolute atomic E-state index is 5.69. The molecule has 0 amide bonds. The Morgan fingerprint density at radius 3 is 2.65 bits per heavy atom. The Morgan fingerprint density at radius 1 is 1.53 bits per heavy atom. The summed E-state index contributed by atoms with van der Waals surface area (Å²) in [5.41, 5.74) is 4.27. The number of aromatic nitrogens is 2. The number of hydrazine groups is 1. The second-order valence-electron chi connectivity index (χ2n) is 5.58. The monoisotopic (exact) mass is 302 g/mol. The second kappa shape index (κ2) is 5.98. The van der Waals surface area contributed by atoms with Crippen molar-refractivity contribution < 1.29 is 0 Å². The van der Waals surface area contributed by atoms with Gasteiger partial charge in [0.1, 0.15) is 0 Å². The Kier molecular flexibility index (Phi) is 5.16. The fourth-order valence-electron chi connectivity index (χ4n) is 1.96. The van der Waals surface area contributed by atoms with Crippen LogP contribution in [-0.4, -0.2) is 9.78 Å². The Labute approximate surface area is 112 Å². The van der Waals surface area contributed by atoms with Gasteiger partial charge in [0.25, 0.3) is 0 Å². The second-order valence-corrected chi connectivity index (χ2v) is 6.44. The molecule has 4 nitrogen and oxygen atoms in total. The molecule has 0 bridgehead atoms. The van der Waals surface area contributed by atoms with Gasteiger partial charge in [-0.15, -0.1) is 0 Å². The van der Waals surface area contributed by atoms with Crippen LogP contribution in [-0.2, 0) is 6.54 Å². The number of nitrogens with zero attached hydrogens (tertiary/aromatic N) is 2. The lowest BCUT2D eigenvalue weighted by Gasteiger charge is -2.26. The van der Waals surface area contributed by atoms with Gasteiger partial charge in [-0.05, 0) is 34.2 Å². The van der Waals surface area contributed by atoms with E-state index in [0.29, 0.717) is 0 Å². The SMILES string of the molecule is CCCn1ncc(Br)c1C(CC(C)(C)C)NN. The first-order valence-corrected chi connectivity index (χ1v) is 6.85. The number of rotatable bonds is 5. The minimum absolute atomic E-state index is 0.124. The van der Waals surface area contributed by atoms with Crippen molar-refractivity contribution in [2.45, 2.75) is 53.1 Å². The zero-order valence-electron chi connectivity index (χ0n) is 11.1. The van der Waals surface area contributed by atoms with Gasteiger partial charge in [0.05, 0.1) is 22.4 Å². The third kappa shape index (κ3) is 4.08. The van der Waals surface area contributed by atoms with Gasteiger partial charge in [-0.3, -0.25) is 16.0 Å². The molecule has 3 N–H and O–H groups in total. The van der Waals surface area contributed by atoms with E-state index in [1.54, 1.807) is 0 Å². The van der Waals surface area contributed by atoms with Gasteiger partial charge in [-0.1, -0.05) is 27.7 Å². The van der Waals surface area contributed by atoms with E-state index in [2.05, 4.69) is 54.1 Å². The third-order valence-corrected chi connectivity index (χ3v) is 3.23. The molecule has 0 aliphatic carbocycles. The van der Waals surface area contributed by atoms with Crippen LogP contribution >= 0.6 is 15.9 Å². The molecule has 1 unspecified atom stereocenters. The lowest BCUT2D eigenvalue weighted by Crippen LogP contribution is -2.33. The van der Waals surface area contributed by atoms with Gasteiger partial charge in [0.15, 0.2) is 0 Å². The number of halogens is 1. The summed E-state index contributed by atoms with van der Waals surface area (Å²) in [6, 6.07) is 0.124. The van der Waals surface area contributed by atoms with Gasteiger partial charge in [-0.25, -0.2) is 0 Å². The van der Waals surface area contributed by atoms with E-state index in [9.17, 15) is 0 Å². The van der Waals surface area contributed by atoms with Crippen molar-refractivity contribution >= 4 is 15.9 Å². The van der Waals surface area contributed by atoms with Crippen LogP contribution in [0.1, 0.15) is 52.3 Å². The summed E-state index contributed by atoms with van der Waals surface area (Å²) in [5, 5.41) is 4.38. The van der Waals surface area contributed by atoms with Gasteiger partial charge in [0.2, 0.25) is 0 Å². The predicted molar refractivity (Wildman–Crippen MR) is 74.4 cm³/mol. The highest BCUT2D eigenvalue weighted by Crippen LogP contribution is 2.32. The van der Waals surface area contributed by atoms with Gasteiger partial charge >= 0.3 is 0 Å². The van der Waals surface area contributed by atoms with Crippen LogP contribution in [0.15, 0.2) is 10.7 Å². The molecule has 0 saturated carbocycles. The average Bonchev–Trinajstić information content (AvgIpc) is 2.56. The predicted octanol–water partition coefficient (Wildman–Crippen LogP) is 3.00. The molecule has 1 heterocycles. The quantitative estimate of drug-likeness (QED) is 0.649.